The molecule has 0 spiro atoms. The van der Waals surface area contributed by atoms with Crippen molar-refractivity contribution in [3.8, 4) is 0 Å². The van der Waals surface area contributed by atoms with Gasteiger partial charge in [0.25, 0.3) is 5.69 Å². The predicted molar refractivity (Wildman–Crippen MR) is 92.9 cm³/mol. The predicted octanol–water partition coefficient (Wildman–Crippen LogP) is 2.74. The Labute approximate surface area is 145 Å². The van der Waals surface area contributed by atoms with Crippen LogP contribution in [0.5, 0.6) is 0 Å². The molecule has 7 nitrogen and oxygen atoms in total. The Morgan fingerprint density at radius 2 is 1.72 bits per heavy atom. The molecule has 1 heterocycles. The fourth-order valence-electron chi connectivity index (χ4n) is 3.51. The molecule has 1 aliphatic heterocycles. The third-order valence-electron chi connectivity index (χ3n) is 4.86. The maximum atomic E-state index is 12.7. The first kappa shape index (κ1) is 17.1. The Morgan fingerprint density at radius 3 is 2.40 bits per heavy atom. The van der Waals surface area contributed by atoms with E-state index in [2.05, 4.69) is 5.32 Å². The number of nitrogens with zero attached hydrogens (tertiary/aromatic N) is 2. The van der Waals surface area contributed by atoms with Gasteiger partial charge < -0.3 is 10.2 Å². The normalized spacial score (nSPS) is 22.6. The summed E-state index contributed by atoms with van der Waals surface area (Å²) in [6, 6.07) is 6.04. The number of likely N-dealkylation sites (tertiary alicyclic amines) is 1. The number of rotatable bonds is 4. The molecule has 25 heavy (non-hydrogen) atoms. The van der Waals surface area contributed by atoms with Gasteiger partial charge in [-0.15, -0.1) is 0 Å². The van der Waals surface area contributed by atoms with Crippen LogP contribution in [0.4, 0.5) is 11.4 Å². The summed E-state index contributed by atoms with van der Waals surface area (Å²) in [7, 11) is 0. The number of carbonyl (C=O) groups is 2. The molecule has 1 fully saturated rings. The van der Waals surface area contributed by atoms with E-state index >= 15 is 0 Å². The third kappa shape index (κ3) is 3.70. The lowest BCUT2D eigenvalue weighted by Crippen LogP contribution is -2.42. The van der Waals surface area contributed by atoms with Crippen molar-refractivity contribution in [2.24, 2.45) is 11.8 Å². The second-order valence-corrected chi connectivity index (χ2v) is 6.45. The van der Waals surface area contributed by atoms with E-state index in [1.54, 1.807) is 12.1 Å². The summed E-state index contributed by atoms with van der Waals surface area (Å²) in [5.41, 5.74) is 0.0176. The summed E-state index contributed by atoms with van der Waals surface area (Å²) in [6.07, 6.45) is 6.84. The number of hydrogen-bond acceptors (Lipinski definition) is 4. The van der Waals surface area contributed by atoms with Crippen molar-refractivity contribution in [3.63, 3.8) is 0 Å². The molecular formula is C18H21N3O4. The summed E-state index contributed by atoms with van der Waals surface area (Å²) in [6.45, 7) is 1.50. The van der Waals surface area contributed by atoms with E-state index in [0.717, 1.165) is 25.9 Å². The van der Waals surface area contributed by atoms with Crippen LogP contribution in [0.25, 0.3) is 0 Å². The van der Waals surface area contributed by atoms with Crippen LogP contribution in [-0.2, 0) is 9.59 Å². The van der Waals surface area contributed by atoms with Gasteiger partial charge in [-0.1, -0.05) is 24.3 Å². The van der Waals surface area contributed by atoms with Gasteiger partial charge in [0.1, 0.15) is 5.69 Å². The van der Waals surface area contributed by atoms with Crippen LogP contribution in [0.3, 0.4) is 0 Å². The van der Waals surface area contributed by atoms with Gasteiger partial charge in [-0.3, -0.25) is 19.7 Å². The zero-order valence-electron chi connectivity index (χ0n) is 13.9. The minimum atomic E-state index is -0.525. The number of carbonyl (C=O) groups excluding carboxylic acids is 2. The number of para-hydroxylation sites is 2. The molecule has 2 unspecified atom stereocenters. The van der Waals surface area contributed by atoms with Gasteiger partial charge in [-0.25, -0.2) is 0 Å². The summed E-state index contributed by atoms with van der Waals surface area (Å²) < 4.78 is 0. The summed E-state index contributed by atoms with van der Waals surface area (Å²) in [5, 5.41) is 13.8. The quantitative estimate of drug-likeness (QED) is 0.517. The van der Waals surface area contributed by atoms with E-state index < -0.39 is 16.8 Å². The average Bonchev–Trinajstić information content (AvgIpc) is 3.16. The van der Waals surface area contributed by atoms with Crippen LogP contribution in [0, 0.1) is 22.0 Å². The summed E-state index contributed by atoms with van der Waals surface area (Å²) >= 11 is 0. The highest BCUT2D eigenvalue weighted by Crippen LogP contribution is 2.31. The van der Waals surface area contributed by atoms with Gasteiger partial charge in [0, 0.05) is 19.2 Å². The summed E-state index contributed by atoms with van der Waals surface area (Å²) in [4.78, 5) is 37.9. The lowest BCUT2D eigenvalue weighted by atomic mass is 9.81. The maximum absolute atomic E-state index is 12.7. The molecule has 1 N–H and O–H groups in total. The smallest absolute Gasteiger partial charge is 0.292 e. The van der Waals surface area contributed by atoms with E-state index in [1.165, 1.54) is 12.1 Å². The number of nitro benzene ring substituents is 1. The highest BCUT2D eigenvalue weighted by molar-refractivity contribution is 5.98. The Balaban J connectivity index is 1.76. The van der Waals surface area contributed by atoms with Crippen molar-refractivity contribution in [1.82, 2.24) is 4.90 Å². The van der Waals surface area contributed by atoms with Gasteiger partial charge in [-0.2, -0.15) is 0 Å². The molecule has 1 saturated heterocycles. The van der Waals surface area contributed by atoms with Crippen LogP contribution >= 0.6 is 0 Å². The van der Waals surface area contributed by atoms with Crippen molar-refractivity contribution in [1.29, 1.82) is 0 Å². The number of amides is 2. The number of hydrogen-bond donors (Lipinski definition) is 1. The molecule has 2 amide bonds. The molecule has 7 heteroatoms. The first-order valence-electron chi connectivity index (χ1n) is 8.56. The van der Waals surface area contributed by atoms with Crippen molar-refractivity contribution < 1.29 is 14.5 Å². The van der Waals surface area contributed by atoms with E-state index in [1.807, 2.05) is 17.1 Å². The van der Waals surface area contributed by atoms with Crippen LogP contribution in [-0.4, -0.2) is 34.7 Å². The fourth-order valence-corrected chi connectivity index (χ4v) is 3.51. The van der Waals surface area contributed by atoms with Crippen LogP contribution in [0.2, 0.25) is 0 Å². The van der Waals surface area contributed by atoms with Crippen molar-refractivity contribution in [2.75, 3.05) is 18.4 Å². The number of nitrogens with one attached hydrogen (secondary N) is 1. The second kappa shape index (κ2) is 7.46. The Bertz CT molecular complexity index is 710. The molecular weight excluding hydrogens is 322 g/mol. The molecule has 0 radical (unpaired) electrons. The molecule has 2 atom stereocenters. The molecule has 0 aromatic heterocycles. The van der Waals surface area contributed by atoms with Crippen molar-refractivity contribution in [3.05, 3.63) is 46.5 Å². The van der Waals surface area contributed by atoms with Gasteiger partial charge in [-0.05, 0) is 31.7 Å². The topological polar surface area (TPSA) is 92.5 Å². The number of nitro groups is 1. The highest BCUT2D eigenvalue weighted by atomic mass is 16.6. The Kier molecular flexibility index (Phi) is 5.11. The van der Waals surface area contributed by atoms with Crippen molar-refractivity contribution >= 4 is 23.2 Å². The van der Waals surface area contributed by atoms with Gasteiger partial charge in [0.15, 0.2) is 0 Å². The van der Waals surface area contributed by atoms with Crippen LogP contribution in [0.15, 0.2) is 36.4 Å². The van der Waals surface area contributed by atoms with E-state index in [9.17, 15) is 19.7 Å². The molecule has 0 saturated carbocycles. The zero-order valence-corrected chi connectivity index (χ0v) is 13.9. The number of benzene rings is 1. The van der Waals surface area contributed by atoms with E-state index in [-0.39, 0.29) is 23.2 Å². The lowest BCUT2D eigenvalue weighted by Gasteiger charge is -2.30. The monoisotopic (exact) mass is 343 g/mol. The number of anilines is 1. The average molecular weight is 343 g/mol. The molecule has 0 bridgehead atoms. The zero-order chi connectivity index (χ0) is 17.8. The summed E-state index contributed by atoms with van der Waals surface area (Å²) in [5.74, 6) is -1.22. The van der Waals surface area contributed by atoms with Gasteiger partial charge in [0.2, 0.25) is 11.8 Å². The fraction of sp³-hybridized carbons (Fsp3) is 0.444. The Morgan fingerprint density at radius 1 is 1.08 bits per heavy atom. The second-order valence-electron chi connectivity index (χ2n) is 6.45. The molecule has 3 rings (SSSR count). The SMILES string of the molecule is O=C(Nc1ccccc1[N+](=O)[O-])C1CC=CCC1C(=O)N1CCCC1. The maximum Gasteiger partial charge on any atom is 0.292 e. The minimum Gasteiger partial charge on any atom is -0.342 e. The van der Waals surface area contributed by atoms with E-state index in [0.29, 0.717) is 12.8 Å². The standard InChI is InChI=1S/C18H21N3O4/c22-17(19-15-9-3-4-10-16(15)21(24)25)13-7-1-2-8-14(13)18(23)20-11-5-6-12-20/h1-4,9-10,13-14H,5-8,11-12H2,(H,19,22). The molecule has 1 aromatic carbocycles. The van der Waals surface area contributed by atoms with E-state index in [4.69, 9.17) is 0 Å². The third-order valence-corrected chi connectivity index (χ3v) is 4.86. The van der Waals surface area contributed by atoms with Gasteiger partial charge >= 0.3 is 0 Å². The van der Waals surface area contributed by atoms with Crippen LogP contribution in [0.1, 0.15) is 25.7 Å². The van der Waals surface area contributed by atoms with Crippen LogP contribution < -0.4 is 5.32 Å². The van der Waals surface area contributed by atoms with Gasteiger partial charge in [0.05, 0.1) is 16.8 Å². The number of allylic oxidation sites excluding steroid dienone is 2. The molecule has 1 aromatic rings. The molecule has 1 aliphatic carbocycles. The first-order valence-corrected chi connectivity index (χ1v) is 8.56. The highest BCUT2D eigenvalue weighted by Gasteiger charge is 2.37. The largest absolute Gasteiger partial charge is 0.342 e. The Hall–Kier alpha value is -2.70. The first-order chi connectivity index (χ1) is 12.1. The lowest BCUT2D eigenvalue weighted by molar-refractivity contribution is -0.383. The minimum absolute atomic E-state index is 0.0181. The molecule has 2 aliphatic rings. The van der Waals surface area contributed by atoms with Crippen molar-refractivity contribution in [2.45, 2.75) is 25.7 Å². The molecule has 132 valence electrons.